The van der Waals surface area contributed by atoms with Crippen molar-refractivity contribution in [3.8, 4) is 0 Å². The monoisotopic (exact) mass is 211 g/mol. The smallest absolute Gasteiger partial charge is 0.303 e. The lowest BCUT2D eigenvalue weighted by Crippen LogP contribution is -2.25. The van der Waals surface area contributed by atoms with E-state index >= 15 is 0 Å². The van der Waals surface area contributed by atoms with Gasteiger partial charge in [-0.1, -0.05) is 0 Å². The summed E-state index contributed by atoms with van der Waals surface area (Å²) in [6.45, 7) is 2.90. The van der Waals surface area contributed by atoms with Crippen molar-refractivity contribution in [2.24, 2.45) is 5.73 Å². The lowest BCUT2D eigenvalue weighted by atomic mass is 10.1. The number of carboxylic acids is 1. The van der Waals surface area contributed by atoms with Crippen molar-refractivity contribution in [3.05, 3.63) is 18.2 Å². The molecule has 1 aromatic heterocycles. The van der Waals surface area contributed by atoms with E-state index in [4.69, 9.17) is 10.8 Å². The maximum absolute atomic E-state index is 10.4. The minimum absolute atomic E-state index is 0.119. The van der Waals surface area contributed by atoms with E-state index in [0.29, 0.717) is 12.8 Å². The van der Waals surface area contributed by atoms with Crippen LogP contribution in [0.2, 0.25) is 0 Å². The number of aromatic nitrogens is 2. The standard InChI is InChI=1S/C10H17N3O2/c1-2-13-6-5-12-9(13)7-8(11)3-4-10(14)15/h5-6,8H,2-4,7,11H2,1H3,(H,14,15). The largest absolute Gasteiger partial charge is 0.481 e. The van der Waals surface area contributed by atoms with Gasteiger partial charge in [-0.15, -0.1) is 0 Å². The van der Waals surface area contributed by atoms with Gasteiger partial charge in [0.1, 0.15) is 5.82 Å². The fraction of sp³-hybridized carbons (Fsp3) is 0.600. The van der Waals surface area contributed by atoms with E-state index in [1.807, 2.05) is 17.7 Å². The number of rotatable bonds is 6. The summed E-state index contributed by atoms with van der Waals surface area (Å²) in [4.78, 5) is 14.5. The molecule has 0 aliphatic rings. The van der Waals surface area contributed by atoms with Crippen molar-refractivity contribution in [2.45, 2.75) is 38.8 Å². The van der Waals surface area contributed by atoms with E-state index in [9.17, 15) is 4.79 Å². The molecule has 1 aromatic rings. The van der Waals surface area contributed by atoms with Gasteiger partial charge >= 0.3 is 5.97 Å². The highest BCUT2D eigenvalue weighted by atomic mass is 16.4. The molecule has 0 amide bonds. The summed E-state index contributed by atoms with van der Waals surface area (Å²) in [6, 6.07) is -0.131. The Labute approximate surface area is 88.9 Å². The Balaban J connectivity index is 2.43. The molecule has 1 unspecified atom stereocenters. The average molecular weight is 211 g/mol. The highest BCUT2D eigenvalue weighted by molar-refractivity contribution is 5.66. The lowest BCUT2D eigenvalue weighted by Gasteiger charge is -2.10. The summed E-state index contributed by atoms with van der Waals surface area (Å²) >= 11 is 0. The molecule has 15 heavy (non-hydrogen) atoms. The maximum atomic E-state index is 10.4. The molecular weight excluding hydrogens is 194 g/mol. The van der Waals surface area contributed by atoms with E-state index in [1.165, 1.54) is 0 Å². The quantitative estimate of drug-likeness (QED) is 0.723. The first-order valence-corrected chi connectivity index (χ1v) is 5.10. The first-order chi connectivity index (χ1) is 7.13. The Morgan fingerprint density at radius 2 is 2.47 bits per heavy atom. The van der Waals surface area contributed by atoms with Crippen LogP contribution in [0.15, 0.2) is 12.4 Å². The van der Waals surface area contributed by atoms with Crippen LogP contribution in [0.4, 0.5) is 0 Å². The number of hydrogen-bond acceptors (Lipinski definition) is 3. The Kier molecular flexibility index (Phi) is 4.30. The molecule has 0 radical (unpaired) electrons. The number of nitrogens with zero attached hydrogens (tertiary/aromatic N) is 2. The number of imidazole rings is 1. The van der Waals surface area contributed by atoms with Gasteiger partial charge in [0, 0.05) is 37.8 Å². The molecule has 1 heterocycles. The predicted octanol–water partition coefficient (Wildman–Crippen LogP) is 0.638. The Morgan fingerprint density at radius 1 is 1.73 bits per heavy atom. The maximum Gasteiger partial charge on any atom is 0.303 e. The van der Waals surface area contributed by atoms with Crippen molar-refractivity contribution < 1.29 is 9.90 Å². The molecule has 1 rings (SSSR count). The zero-order valence-corrected chi connectivity index (χ0v) is 8.89. The van der Waals surface area contributed by atoms with Crippen LogP contribution in [0.5, 0.6) is 0 Å². The second-order valence-corrected chi connectivity index (χ2v) is 3.53. The molecule has 0 spiro atoms. The molecular formula is C10H17N3O2. The van der Waals surface area contributed by atoms with Crippen LogP contribution in [-0.2, 0) is 17.8 Å². The second kappa shape index (κ2) is 5.50. The molecule has 0 saturated heterocycles. The topological polar surface area (TPSA) is 81.1 Å². The van der Waals surface area contributed by atoms with E-state index in [-0.39, 0.29) is 12.5 Å². The van der Waals surface area contributed by atoms with Gasteiger partial charge in [0.05, 0.1) is 0 Å². The molecule has 0 fully saturated rings. The Morgan fingerprint density at radius 3 is 3.07 bits per heavy atom. The first-order valence-electron chi connectivity index (χ1n) is 5.10. The van der Waals surface area contributed by atoms with Crippen LogP contribution >= 0.6 is 0 Å². The Bertz CT molecular complexity index is 322. The molecule has 0 aliphatic carbocycles. The van der Waals surface area contributed by atoms with Crippen LogP contribution in [-0.4, -0.2) is 26.7 Å². The summed E-state index contributed by atoms with van der Waals surface area (Å²) in [7, 11) is 0. The van der Waals surface area contributed by atoms with Crippen molar-refractivity contribution >= 4 is 5.97 Å². The second-order valence-electron chi connectivity index (χ2n) is 3.53. The van der Waals surface area contributed by atoms with Crippen molar-refractivity contribution in [2.75, 3.05) is 0 Å². The van der Waals surface area contributed by atoms with Gasteiger partial charge in [-0.25, -0.2) is 4.98 Å². The van der Waals surface area contributed by atoms with Gasteiger partial charge in [-0.2, -0.15) is 0 Å². The molecule has 3 N–H and O–H groups in total. The van der Waals surface area contributed by atoms with E-state index in [0.717, 1.165) is 12.4 Å². The molecule has 1 atom stereocenters. The number of nitrogens with two attached hydrogens (primary N) is 1. The summed E-state index contributed by atoms with van der Waals surface area (Å²) < 4.78 is 2.01. The summed E-state index contributed by atoms with van der Waals surface area (Å²) in [5.41, 5.74) is 5.82. The average Bonchev–Trinajstić information content (AvgIpc) is 2.62. The first kappa shape index (κ1) is 11.7. The molecule has 84 valence electrons. The number of aliphatic carboxylic acids is 1. The third-order valence-electron chi connectivity index (χ3n) is 2.32. The van der Waals surface area contributed by atoms with E-state index in [1.54, 1.807) is 6.20 Å². The van der Waals surface area contributed by atoms with Gasteiger partial charge in [0.15, 0.2) is 0 Å². The van der Waals surface area contributed by atoms with E-state index in [2.05, 4.69) is 4.98 Å². The third-order valence-corrected chi connectivity index (χ3v) is 2.32. The number of carbonyl (C=O) groups is 1. The third kappa shape index (κ3) is 3.71. The van der Waals surface area contributed by atoms with Crippen LogP contribution in [0, 0.1) is 0 Å². The van der Waals surface area contributed by atoms with Crippen LogP contribution in [0.25, 0.3) is 0 Å². The fourth-order valence-corrected chi connectivity index (χ4v) is 1.46. The lowest BCUT2D eigenvalue weighted by molar-refractivity contribution is -0.137. The normalized spacial score (nSPS) is 12.7. The molecule has 5 nitrogen and oxygen atoms in total. The van der Waals surface area contributed by atoms with Gasteiger partial charge < -0.3 is 15.4 Å². The van der Waals surface area contributed by atoms with Crippen LogP contribution in [0.3, 0.4) is 0 Å². The minimum Gasteiger partial charge on any atom is -0.481 e. The zero-order chi connectivity index (χ0) is 11.3. The Hall–Kier alpha value is -1.36. The summed E-state index contributed by atoms with van der Waals surface area (Å²) in [5.74, 6) is 0.125. The van der Waals surface area contributed by atoms with Crippen molar-refractivity contribution in [1.29, 1.82) is 0 Å². The SMILES string of the molecule is CCn1ccnc1CC(N)CCC(=O)O. The molecule has 0 aliphatic heterocycles. The molecule has 5 heteroatoms. The molecule has 0 aromatic carbocycles. The minimum atomic E-state index is -0.802. The summed E-state index contributed by atoms with van der Waals surface area (Å²) in [6.07, 6.45) is 4.88. The number of carboxylic acid groups (broad SMARTS) is 1. The highest BCUT2D eigenvalue weighted by Crippen LogP contribution is 2.04. The van der Waals surface area contributed by atoms with Gasteiger partial charge in [0.25, 0.3) is 0 Å². The van der Waals surface area contributed by atoms with Crippen LogP contribution < -0.4 is 5.73 Å². The summed E-state index contributed by atoms with van der Waals surface area (Å²) in [5, 5.41) is 8.51. The van der Waals surface area contributed by atoms with Gasteiger partial charge in [-0.05, 0) is 13.3 Å². The fourth-order valence-electron chi connectivity index (χ4n) is 1.46. The van der Waals surface area contributed by atoms with Crippen molar-refractivity contribution in [3.63, 3.8) is 0 Å². The zero-order valence-electron chi connectivity index (χ0n) is 8.89. The van der Waals surface area contributed by atoms with Crippen LogP contribution in [0.1, 0.15) is 25.6 Å². The highest BCUT2D eigenvalue weighted by Gasteiger charge is 2.10. The van der Waals surface area contributed by atoms with E-state index < -0.39 is 5.97 Å². The number of hydrogen-bond donors (Lipinski definition) is 2. The molecule has 0 saturated carbocycles. The predicted molar refractivity (Wildman–Crippen MR) is 56.5 cm³/mol. The van der Waals surface area contributed by atoms with Crippen molar-refractivity contribution in [1.82, 2.24) is 9.55 Å². The van der Waals surface area contributed by atoms with Gasteiger partial charge in [0.2, 0.25) is 0 Å². The van der Waals surface area contributed by atoms with Gasteiger partial charge in [-0.3, -0.25) is 4.79 Å². The molecule has 0 bridgehead atoms. The number of aryl methyl sites for hydroxylation is 1.